The lowest BCUT2D eigenvalue weighted by atomic mass is 10.1. The molecule has 1 heterocycles. The molecule has 0 bridgehead atoms. The summed E-state index contributed by atoms with van der Waals surface area (Å²) in [6.45, 7) is 2.51. The molecule has 0 atom stereocenters. The first-order valence-corrected chi connectivity index (χ1v) is 6.73. The number of hydrogen-bond donors (Lipinski definition) is 1. The Morgan fingerprint density at radius 2 is 2.14 bits per heavy atom. The number of hydrogen-bond acceptors (Lipinski definition) is 4. The molecule has 7 heteroatoms. The number of nitrogens with one attached hydrogen (secondary N) is 1. The Labute approximate surface area is 125 Å². The van der Waals surface area contributed by atoms with Gasteiger partial charge in [0.15, 0.2) is 5.76 Å². The molecule has 1 aromatic heterocycles. The van der Waals surface area contributed by atoms with E-state index < -0.39 is 4.92 Å². The first kappa shape index (κ1) is 15.1. The molecule has 1 N–H and O–H groups in total. The predicted molar refractivity (Wildman–Crippen MR) is 78.4 cm³/mol. The smallest absolute Gasteiger partial charge is 0.287 e. The molecule has 1 aromatic carbocycles. The quantitative estimate of drug-likeness (QED) is 0.675. The van der Waals surface area contributed by atoms with E-state index in [-0.39, 0.29) is 22.4 Å². The molecule has 0 saturated carbocycles. The zero-order chi connectivity index (χ0) is 15.4. The fourth-order valence-electron chi connectivity index (χ4n) is 1.75. The molecule has 0 aliphatic carbocycles. The third-order valence-corrected chi connectivity index (χ3v) is 3.11. The topological polar surface area (TPSA) is 85.4 Å². The van der Waals surface area contributed by atoms with Gasteiger partial charge in [0, 0.05) is 24.2 Å². The molecule has 0 spiro atoms. The van der Waals surface area contributed by atoms with Gasteiger partial charge in [-0.15, -0.1) is 0 Å². The van der Waals surface area contributed by atoms with Crippen molar-refractivity contribution >= 4 is 23.2 Å². The number of amides is 1. The number of benzene rings is 1. The summed E-state index contributed by atoms with van der Waals surface area (Å²) in [7, 11) is 0. The minimum atomic E-state index is -0.526. The van der Waals surface area contributed by atoms with Crippen LogP contribution in [-0.2, 0) is 0 Å². The Morgan fingerprint density at radius 1 is 1.38 bits per heavy atom. The van der Waals surface area contributed by atoms with Crippen LogP contribution in [0.2, 0.25) is 5.02 Å². The van der Waals surface area contributed by atoms with E-state index in [4.69, 9.17) is 16.0 Å². The van der Waals surface area contributed by atoms with E-state index >= 15 is 0 Å². The van der Waals surface area contributed by atoms with E-state index in [1.54, 1.807) is 6.07 Å². The molecule has 2 rings (SSSR count). The van der Waals surface area contributed by atoms with E-state index in [1.807, 2.05) is 6.92 Å². The summed E-state index contributed by atoms with van der Waals surface area (Å²) in [4.78, 5) is 21.9. The fraction of sp³-hybridized carbons (Fsp3) is 0.214. The molecule has 0 saturated heterocycles. The maximum atomic E-state index is 11.7. The maximum absolute atomic E-state index is 11.7. The van der Waals surface area contributed by atoms with Gasteiger partial charge >= 0.3 is 0 Å². The SMILES string of the molecule is CCCNC(=O)c1ccc(-c2ccc([N+](=O)[O-])cc2Cl)o1. The number of carbonyl (C=O) groups excluding carboxylic acids is 1. The van der Waals surface area contributed by atoms with E-state index in [0.29, 0.717) is 17.9 Å². The average molecular weight is 309 g/mol. The van der Waals surface area contributed by atoms with Crippen LogP contribution >= 0.6 is 11.6 Å². The lowest BCUT2D eigenvalue weighted by Crippen LogP contribution is -2.23. The Bertz CT molecular complexity index is 681. The summed E-state index contributed by atoms with van der Waals surface area (Å²) in [5.41, 5.74) is 0.396. The van der Waals surface area contributed by atoms with Gasteiger partial charge in [0.1, 0.15) is 5.76 Å². The molecule has 110 valence electrons. The third-order valence-electron chi connectivity index (χ3n) is 2.79. The zero-order valence-electron chi connectivity index (χ0n) is 11.3. The number of nitrogens with zero attached hydrogens (tertiary/aromatic N) is 1. The lowest BCUT2D eigenvalue weighted by Gasteiger charge is -2.02. The standard InChI is InChI=1S/C14H13ClN2O4/c1-2-7-16-14(18)13-6-5-12(21-13)10-4-3-9(17(19)20)8-11(10)15/h3-6,8H,2,7H2,1H3,(H,16,18). The second-order valence-electron chi connectivity index (χ2n) is 4.34. The molecule has 0 fully saturated rings. The van der Waals surface area contributed by atoms with Crippen molar-refractivity contribution in [3.63, 3.8) is 0 Å². The molecule has 0 aliphatic rings. The molecular weight excluding hydrogens is 296 g/mol. The lowest BCUT2D eigenvalue weighted by molar-refractivity contribution is -0.384. The molecule has 2 aromatic rings. The van der Waals surface area contributed by atoms with Gasteiger partial charge < -0.3 is 9.73 Å². The average Bonchev–Trinajstić information content (AvgIpc) is 2.94. The van der Waals surface area contributed by atoms with Gasteiger partial charge in [-0.1, -0.05) is 18.5 Å². The van der Waals surface area contributed by atoms with E-state index in [1.165, 1.54) is 24.3 Å². The van der Waals surface area contributed by atoms with Crippen LogP contribution in [0.3, 0.4) is 0 Å². The number of rotatable bonds is 5. The van der Waals surface area contributed by atoms with Crippen molar-refractivity contribution in [3.05, 3.63) is 51.2 Å². The van der Waals surface area contributed by atoms with Gasteiger partial charge in [0.25, 0.3) is 11.6 Å². The van der Waals surface area contributed by atoms with Crippen molar-refractivity contribution < 1.29 is 14.1 Å². The molecular formula is C14H13ClN2O4. The van der Waals surface area contributed by atoms with Gasteiger partial charge in [-0.25, -0.2) is 0 Å². The summed E-state index contributed by atoms with van der Waals surface area (Å²) in [5.74, 6) is 0.255. The largest absolute Gasteiger partial charge is 0.451 e. The summed E-state index contributed by atoms with van der Waals surface area (Å²) in [6, 6.07) is 7.22. The van der Waals surface area contributed by atoms with Crippen molar-refractivity contribution in [1.82, 2.24) is 5.32 Å². The van der Waals surface area contributed by atoms with Crippen molar-refractivity contribution in [2.24, 2.45) is 0 Å². The highest BCUT2D eigenvalue weighted by Gasteiger charge is 2.15. The number of non-ortho nitro benzene ring substituents is 1. The molecule has 0 unspecified atom stereocenters. The first-order chi connectivity index (χ1) is 10.0. The number of halogens is 1. The number of carbonyl (C=O) groups is 1. The van der Waals surface area contributed by atoms with Crippen LogP contribution < -0.4 is 5.32 Å². The highest BCUT2D eigenvalue weighted by molar-refractivity contribution is 6.33. The van der Waals surface area contributed by atoms with E-state index in [2.05, 4.69) is 5.32 Å². The van der Waals surface area contributed by atoms with Gasteiger partial charge in [-0.3, -0.25) is 14.9 Å². The van der Waals surface area contributed by atoms with Gasteiger partial charge in [0.2, 0.25) is 0 Å². The van der Waals surface area contributed by atoms with Crippen molar-refractivity contribution in [2.45, 2.75) is 13.3 Å². The zero-order valence-corrected chi connectivity index (χ0v) is 12.0. The molecule has 1 amide bonds. The van der Waals surface area contributed by atoms with E-state index in [9.17, 15) is 14.9 Å². The Kier molecular flexibility index (Phi) is 4.59. The Morgan fingerprint density at radius 3 is 2.76 bits per heavy atom. The highest BCUT2D eigenvalue weighted by Crippen LogP contribution is 2.32. The molecule has 0 radical (unpaired) electrons. The number of nitro groups is 1. The summed E-state index contributed by atoms with van der Waals surface area (Å²) in [5, 5.41) is 13.6. The summed E-state index contributed by atoms with van der Waals surface area (Å²) in [6.07, 6.45) is 0.827. The van der Waals surface area contributed by atoms with Crippen LogP contribution in [0.25, 0.3) is 11.3 Å². The molecule has 21 heavy (non-hydrogen) atoms. The Balaban J connectivity index is 2.25. The third kappa shape index (κ3) is 3.41. The first-order valence-electron chi connectivity index (χ1n) is 6.35. The number of furan rings is 1. The van der Waals surface area contributed by atoms with Crippen LogP contribution in [0.5, 0.6) is 0 Å². The van der Waals surface area contributed by atoms with Crippen molar-refractivity contribution in [3.8, 4) is 11.3 Å². The summed E-state index contributed by atoms with van der Waals surface area (Å²) < 4.78 is 5.44. The maximum Gasteiger partial charge on any atom is 0.287 e. The van der Waals surface area contributed by atoms with Gasteiger partial charge in [-0.05, 0) is 24.6 Å². The highest BCUT2D eigenvalue weighted by atomic mass is 35.5. The fourth-order valence-corrected chi connectivity index (χ4v) is 2.02. The second kappa shape index (κ2) is 6.41. The normalized spacial score (nSPS) is 10.4. The van der Waals surface area contributed by atoms with Crippen LogP contribution in [-0.4, -0.2) is 17.4 Å². The predicted octanol–water partition coefficient (Wildman–Crippen LogP) is 3.65. The van der Waals surface area contributed by atoms with Crippen LogP contribution in [0.15, 0.2) is 34.7 Å². The molecule has 0 aliphatic heterocycles. The van der Waals surface area contributed by atoms with Crippen molar-refractivity contribution in [1.29, 1.82) is 0 Å². The second-order valence-corrected chi connectivity index (χ2v) is 4.75. The van der Waals surface area contributed by atoms with Crippen molar-refractivity contribution in [2.75, 3.05) is 6.54 Å². The van der Waals surface area contributed by atoms with Crippen LogP contribution in [0, 0.1) is 10.1 Å². The Hall–Kier alpha value is -2.34. The number of nitro benzene ring substituents is 1. The van der Waals surface area contributed by atoms with E-state index in [0.717, 1.165) is 6.42 Å². The van der Waals surface area contributed by atoms with Crippen LogP contribution in [0.1, 0.15) is 23.9 Å². The monoisotopic (exact) mass is 308 g/mol. The minimum Gasteiger partial charge on any atom is -0.451 e. The van der Waals surface area contributed by atoms with Gasteiger partial charge in [0.05, 0.1) is 9.95 Å². The minimum absolute atomic E-state index is 0.101. The van der Waals surface area contributed by atoms with Gasteiger partial charge in [-0.2, -0.15) is 0 Å². The molecule has 6 nitrogen and oxygen atoms in total. The van der Waals surface area contributed by atoms with Crippen LogP contribution in [0.4, 0.5) is 5.69 Å². The summed E-state index contributed by atoms with van der Waals surface area (Å²) >= 11 is 6.02.